The Balaban J connectivity index is 0. The first-order valence-corrected chi connectivity index (χ1v) is 13.2. The topological polar surface area (TPSA) is 3.24 Å². The van der Waals surface area contributed by atoms with Gasteiger partial charge < -0.3 is 0 Å². The van der Waals surface area contributed by atoms with Crippen LogP contribution in [0.4, 0.5) is 0 Å². The molecule has 0 unspecified atom stereocenters. The Labute approximate surface area is 206 Å². The Hall–Kier alpha value is -2.38. The summed E-state index contributed by atoms with van der Waals surface area (Å²) in [5, 5.41) is 0. The average molecular weight is 450 g/mol. The van der Waals surface area contributed by atoms with Crippen LogP contribution < -0.4 is 0 Å². The minimum absolute atomic E-state index is 0.990. The van der Waals surface area contributed by atoms with E-state index in [0.29, 0.717) is 0 Å². The lowest BCUT2D eigenvalue weighted by atomic mass is 10.1. The summed E-state index contributed by atoms with van der Waals surface area (Å²) < 4.78 is 0. The molecule has 1 heteroatoms. The second kappa shape index (κ2) is 24.3. The third kappa shape index (κ3) is 15.1. The van der Waals surface area contributed by atoms with Crippen molar-refractivity contribution in [2.24, 2.45) is 0 Å². The van der Waals surface area contributed by atoms with Crippen molar-refractivity contribution in [3.8, 4) is 0 Å². The summed E-state index contributed by atoms with van der Waals surface area (Å²) in [5.74, 6) is 0. The van der Waals surface area contributed by atoms with Crippen LogP contribution in [0.3, 0.4) is 0 Å². The molecule has 0 fully saturated rings. The lowest BCUT2D eigenvalue weighted by Crippen LogP contribution is -2.25. The molecule has 0 heterocycles. The van der Waals surface area contributed by atoms with Crippen molar-refractivity contribution in [1.82, 2.24) is 4.90 Å². The Morgan fingerprint density at radius 2 is 0.909 bits per heavy atom. The van der Waals surface area contributed by atoms with Crippen molar-refractivity contribution in [3.63, 3.8) is 0 Å². The Kier molecular flexibility index (Phi) is 24.1. The van der Waals surface area contributed by atoms with Gasteiger partial charge in [-0.25, -0.2) is 0 Å². The maximum absolute atomic E-state index is 2.55. The van der Waals surface area contributed by atoms with Crippen LogP contribution in [0.2, 0.25) is 0 Å². The molecule has 0 aliphatic heterocycles. The van der Waals surface area contributed by atoms with E-state index < -0.39 is 0 Å². The monoisotopic (exact) mass is 449 g/mol. The summed E-state index contributed by atoms with van der Waals surface area (Å²) in [7, 11) is 0. The molecule has 33 heavy (non-hydrogen) atoms. The Morgan fingerprint density at radius 1 is 0.485 bits per heavy atom. The fraction of sp³-hybridized carbons (Fsp3) is 0.438. The zero-order valence-electron chi connectivity index (χ0n) is 23.1. The molecule has 0 atom stereocenters. The SMILES string of the molecule is CC.CC.CC.CC.CCc1cccc(CN(CCc2ccccc2)Cc2ccccc2)c1. The van der Waals surface area contributed by atoms with E-state index in [1.807, 2.05) is 55.4 Å². The summed E-state index contributed by atoms with van der Waals surface area (Å²) in [6.45, 7) is 21.3. The highest BCUT2D eigenvalue weighted by Crippen LogP contribution is 2.13. The third-order valence-electron chi connectivity index (χ3n) is 4.61. The molecule has 0 N–H and O–H groups in total. The molecular weight excluding hydrogens is 398 g/mol. The zero-order chi connectivity index (χ0) is 25.3. The number of rotatable bonds is 8. The molecule has 184 valence electrons. The average Bonchev–Trinajstić information content (AvgIpc) is 2.93. The third-order valence-corrected chi connectivity index (χ3v) is 4.61. The Morgan fingerprint density at radius 3 is 1.42 bits per heavy atom. The van der Waals surface area contributed by atoms with Gasteiger partial charge in [-0.15, -0.1) is 0 Å². The van der Waals surface area contributed by atoms with Gasteiger partial charge in [0.25, 0.3) is 0 Å². The van der Waals surface area contributed by atoms with Crippen molar-refractivity contribution in [1.29, 1.82) is 0 Å². The molecule has 0 aliphatic carbocycles. The van der Waals surface area contributed by atoms with Gasteiger partial charge in [0.1, 0.15) is 0 Å². The number of hydrogen-bond donors (Lipinski definition) is 0. The molecule has 3 aromatic carbocycles. The predicted octanol–water partition coefficient (Wildman–Crippen LogP) is 9.60. The molecule has 0 spiro atoms. The van der Waals surface area contributed by atoms with Crippen LogP contribution in [-0.2, 0) is 25.9 Å². The van der Waals surface area contributed by atoms with Crippen LogP contribution in [-0.4, -0.2) is 11.4 Å². The zero-order valence-corrected chi connectivity index (χ0v) is 23.1. The molecular formula is C32H51N. The molecule has 0 aliphatic rings. The van der Waals surface area contributed by atoms with E-state index in [9.17, 15) is 0 Å². The summed E-state index contributed by atoms with van der Waals surface area (Å²) in [4.78, 5) is 2.55. The van der Waals surface area contributed by atoms with Crippen molar-refractivity contribution in [2.75, 3.05) is 6.54 Å². The molecule has 0 saturated heterocycles. The predicted molar refractivity (Wildman–Crippen MR) is 152 cm³/mol. The lowest BCUT2D eigenvalue weighted by Gasteiger charge is -2.23. The molecule has 0 aromatic heterocycles. The summed E-state index contributed by atoms with van der Waals surface area (Å²) in [6, 6.07) is 30.6. The van der Waals surface area contributed by atoms with Crippen LogP contribution in [0.1, 0.15) is 84.6 Å². The molecule has 3 aromatic rings. The number of aryl methyl sites for hydroxylation is 1. The van der Waals surface area contributed by atoms with E-state index in [-0.39, 0.29) is 0 Å². The largest absolute Gasteiger partial charge is 0.295 e. The van der Waals surface area contributed by atoms with Gasteiger partial charge in [0, 0.05) is 19.6 Å². The first-order chi connectivity index (χ1) is 16.3. The van der Waals surface area contributed by atoms with E-state index in [1.54, 1.807) is 0 Å². The highest BCUT2D eigenvalue weighted by Gasteiger charge is 2.08. The summed E-state index contributed by atoms with van der Waals surface area (Å²) >= 11 is 0. The first kappa shape index (κ1) is 32.8. The van der Waals surface area contributed by atoms with Gasteiger partial charge in [-0.05, 0) is 35.1 Å². The van der Waals surface area contributed by atoms with E-state index in [2.05, 4.69) is 96.8 Å². The van der Waals surface area contributed by atoms with E-state index in [1.165, 1.54) is 22.3 Å². The van der Waals surface area contributed by atoms with Crippen molar-refractivity contribution >= 4 is 0 Å². The Bertz CT molecular complexity index is 750. The minimum atomic E-state index is 0.990. The van der Waals surface area contributed by atoms with Crippen molar-refractivity contribution < 1.29 is 0 Å². The van der Waals surface area contributed by atoms with Gasteiger partial charge >= 0.3 is 0 Å². The molecule has 3 rings (SSSR count). The number of nitrogens with zero attached hydrogens (tertiary/aromatic N) is 1. The lowest BCUT2D eigenvalue weighted by molar-refractivity contribution is 0.260. The van der Waals surface area contributed by atoms with E-state index in [0.717, 1.165) is 32.5 Å². The molecule has 1 nitrogen and oxygen atoms in total. The van der Waals surface area contributed by atoms with Crippen molar-refractivity contribution in [3.05, 3.63) is 107 Å². The van der Waals surface area contributed by atoms with Gasteiger partial charge in [0.15, 0.2) is 0 Å². The van der Waals surface area contributed by atoms with Gasteiger partial charge in [-0.3, -0.25) is 4.90 Å². The standard InChI is InChI=1S/C24H27N.4C2H6/c1-2-21-14-9-15-24(18-21)20-25(19-23-12-7-4-8-13-23)17-16-22-10-5-3-6-11-22;4*1-2/h3-15,18H,2,16-17,19-20H2,1H3;4*1-2H3. The molecule has 0 amide bonds. The van der Waals surface area contributed by atoms with Crippen LogP contribution in [0.15, 0.2) is 84.9 Å². The van der Waals surface area contributed by atoms with E-state index in [4.69, 9.17) is 0 Å². The van der Waals surface area contributed by atoms with Crippen LogP contribution in [0.25, 0.3) is 0 Å². The summed E-state index contributed by atoms with van der Waals surface area (Å²) in [6.07, 6.45) is 2.18. The van der Waals surface area contributed by atoms with Crippen molar-refractivity contribution in [2.45, 2.75) is 88.2 Å². The first-order valence-electron chi connectivity index (χ1n) is 13.2. The second-order valence-electron chi connectivity index (χ2n) is 6.61. The van der Waals surface area contributed by atoms with Gasteiger partial charge in [0.2, 0.25) is 0 Å². The number of hydrogen-bond acceptors (Lipinski definition) is 1. The molecule has 0 bridgehead atoms. The highest BCUT2D eigenvalue weighted by molar-refractivity contribution is 5.24. The fourth-order valence-electron chi connectivity index (χ4n) is 3.19. The number of benzene rings is 3. The van der Waals surface area contributed by atoms with Crippen LogP contribution in [0.5, 0.6) is 0 Å². The smallest absolute Gasteiger partial charge is 0.0237 e. The minimum Gasteiger partial charge on any atom is -0.295 e. The van der Waals surface area contributed by atoms with Crippen LogP contribution >= 0.6 is 0 Å². The normalized spacial score (nSPS) is 9.03. The fourth-order valence-corrected chi connectivity index (χ4v) is 3.19. The molecule has 0 saturated carbocycles. The maximum atomic E-state index is 2.55. The van der Waals surface area contributed by atoms with E-state index >= 15 is 0 Å². The second-order valence-corrected chi connectivity index (χ2v) is 6.61. The summed E-state index contributed by atoms with van der Waals surface area (Å²) in [5.41, 5.74) is 5.61. The van der Waals surface area contributed by atoms with Crippen LogP contribution in [0, 0.1) is 0 Å². The highest BCUT2D eigenvalue weighted by atomic mass is 15.1. The van der Waals surface area contributed by atoms with Gasteiger partial charge in [0.05, 0.1) is 0 Å². The van der Waals surface area contributed by atoms with Gasteiger partial charge in [-0.1, -0.05) is 147 Å². The van der Waals surface area contributed by atoms with Gasteiger partial charge in [-0.2, -0.15) is 0 Å². The molecule has 0 radical (unpaired) electrons. The quantitative estimate of drug-likeness (QED) is 0.331. The maximum Gasteiger partial charge on any atom is 0.0237 e.